The van der Waals surface area contributed by atoms with Crippen LogP contribution in [0.15, 0.2) is 24.3 Å². The molecule has 5 heteroatoms. The quantitative estimate of drug-likeness (QED) is 0.903. The molecule has 1 N–H and O–H groups in total. The van der Waals surface area contributed by atoms with E-state index in [1.807, 2.05) is 0 Å². The maximum atomic E-state index is 13.4. The van der Waals surface area contributed by atoms with Crippen LogP contribution in [-0.2, 0) is 4.79 Å². The highest BCUT2D eigenvalue weighted by Gasteiger charge is 2.35. The molecule has 0 radical (unpaired) electrons. The van der Waals surface area contributed by atoms with Gasteiger partial charge in [0.1, 0.15) is 5.82 Å². The minimum Gasteiger partial charge on any atom is -0.392 e. The van der Waals surface area contributed by atoms with E-state index in [0.717, 1.165) is 32.2 Å². The molecule has 4 nitrogen and oxygen atoms in total. The molecule has 1 amide bonds. The average Bonchev–Trinajstić information content (AvgIpc) is 2.47. The molecule has 0 bridgehead atoms. The Morgan fingerprint density at radius 3 is 2.76 bits per heavy atom. The van der Waals surface area contributed by atoms with Crippen molar-refractivity contribution in [3.05, 3.63) is 30.1 Å². The minimum absolute atomic E-state index is 0.0287. The van der Waals surface area contributed by atoms with E-state index < -0.39 is 0 Å². The molecule has 1 aromatic rings. The third-order valence-electron chi connectivity index (χ3n) is 4.40. The van der Waals surface area contributed by atoms with Gasteiger partial charge in [0, 0.05) is 18.8 Å². The topological polar surface area (TPSA) is 43.8 Å². The molecular weight excluding hydrogens is 271 g/mol. The number of carbonyl (C=O) groups is 1. The molecule has 2 saturated heterocycles. The number of aliphatic hydroxyl groups is 1. The Labute approximate surface area is 124 Å². The van der Waals surface area contributed by atoms with E-state index >= 15 is 0 Å². The molecule has 0 saturated carbocycles. The number of hydrogen-bond acceptors (Lipinski definition) is 3. The van der Waals surface area contributed by atoms with Crippen molar-refractivity contribution in [2.45, 2.75) is 37.8 Å². The summed E-state index contributed by atoms with van der Waals surface area (Å²) in [4.78, 5) is 16.5. The fourth-order valence-corrected chi connectivity index (χ4v) is 3.36. The van der Waals surface area contributed by atoms with Crippen molar-refractivity contribution >= 4 is 11.6 Å². The lowest BCUT2D eigenvalue weighted by Crippen LogP contribution is -2.55. The molecular formula is C16H21FN2O2. The fraction of sp³-hybridized carbons (Fsp3) is 0.562. The molecule has 2 atom stereocenters. The first-order chi connectivity index (χ1) is 10.1. The summed E-state index contributed by atoms with van der Waals surface area (Å²) in [6.45, 7) is 2.05. The molecule has 3 rings (SSSR count). The summed E-state index contributed by atoms with van der Waals surface area (Å²) in [7, 11) is 0. The molecule has 2 aliphatic heterocycles. The van der Waals surface area contributed by atoms with Crippen molar-refractivity contribution in [2.24, 2.45) is 0 Å². The number of aliphatic hydroxyl groups excluding tert-OH is 1. The molecule has 2 fully saturated rings. The third kappa shape index (κ3) is 3.09. The van der Waals surface area contributed by atoms with Gasteiger partial charge in [0.15, 0.2) is 0 Å². The highest BCUT2D eigenvalue weighted by molar-refractivity contribution is 5.97. The van der Waals surface area contributed by atoms with E-state index in [2.05, 4.69) is 4.90 Å². The van der Waals surface area contributed by atoms with E-state index in [1.165, 1.54) is 12.1 Å². The van der Waals surface area contributed by atoms with Gasteiger partial charge in [-0.3, -0.25) is 9.69 Å². The summed E-state index contributed by atoms with van der Waals surface area (Å²) < 4.78 is 13.4. The van der Waals surface area contributed by atoms with Gasteiger partial charge >= 0.3 is 0 Å². The van der Waals surface area contributed by atoms with Crippen LogP contribution < -0.4 is 4.90 Å². The Balaban J connectivity index is 1.77. The number of amides is 1. The lowest BCUT2D eigenvalue weighted by molar-refractivity contribution is -0.126. The maximum Gasteiger partial charge on any atom is 0.244 e. The average molecular weight is 292 g/mol. The van der Waals surface area contributed by atoms with Crippen LogP contribution in [0, 0.1) is 5.82 Å². The molecule has 2 heterocycles. The predicted octanol–water partition coefficient (Wildman–Crippen LogP) is 1.78. The monoisotopic (exact) mass is 292 g/mol. The zero-order chi connectivity index (χ0) is 14.8. The molecule has 0 aliphatic carbocycles. The van der Waals surface area contributed by atoms with Crippen LogP contribution in [0.2, 0.25) is 0 Å². The van der Waals surface area contributed by atoms with Gasteiger partial charge in [0.05, 0.1) is 12.1 Å². The van der Waals surface area contributed by atoms with Crippen LogP contribution >= 0.6 is 0 Å². The van der Waals surface area contributed by atoms with E-state index in [-0.39, 0.29) is 23.9 Å². The SMILES string of the molecule is O=C1[C@@H](N2CCC[C@@H](O)C2)CCCN1c1cccc(F)c1. The van der Waals surface area contributed by atoms with Crippen molar-refractivity contribution in [3.63, 3.8) is 0 Å². The van der Waals surface area contributed by atoms with Crippen molar-refractivity contribution < 1.29 is 14.3 Å². The number of rotatable bonds is 2. The van der Waals surface area contributed by atoms with Crippen molar-refractivity contribution in [1.29, 1.82) is 0 Å². The van der Waals surface area contributed by atoms with E-state index in [9.17, 15) is 14.3 Å². The van der Waals surface area contributed by atoms with Gasteiger partial charge in [-0.05, 0) is 50.4 Å². The van der Waals surface area contributed by atoms with Crippen molar-refractivity contribution in [3.8, 4) is 0 Å². The Hall–Kier alpha value is -1.46. The van der Waals surface area contributed by atoms with E-state index in [4.69, 9.17) is 0 Å². The van der Waals surface area contributed by atoms with Crippen LogP contribution in [0.5, 0.6) is 0 Å². The highest BCUT2D eigenvalue weighted by atomic mass is 19.1. The standard InChI is InChI=1S/C16H21FN2O2/c17-12-4-1-5-13(10-12)19-9-3-7-15(16(19)21)18-8-2-6-14(20)11-18/h1,4-5,10,14-15,20H,2-3,6-9,11H2/t14-,15+/m1/s1. The Morgan fingerprint density at radius 1 is 1.19 bits per heavy atom. The first-order valence-corrected chi connectivity index (χ1v) is 7.64. The minimum atomic E-state index is -0.337. The van der Waals surface area contributed by atoms with Crippen LogP contribution in [0.1, 0.15) is 25.7 Å². The first-order valence-electron chi connectivity index (χ1n) is 7.64. The smallest absolute Gasteiger partial charge is 0.244 e. The molecule has 0 aromatic heterocycles. The van der Waals surface area contributed by atoms with Crippen LogP contribution in [0.25, 0.3) is 0 Å². The van der Waals surface area contributed by atoms with Crippen molar-refractivity contribution in [1.82, 2.24) is 4.90 Å². The zero-order valence-electron chi connectivity index (χ0n) is 12.0. The van der Waals surface area contributed by atoms with E-state index in [0.29, 0.717) is 18.8 Å². The summed E-state index contributed by atoms with van der Waals surface area (Å²) in [6, 6.07) is 6.01. The van der Waals surface area contributed by atoms with Gasteiger partial charge in [-0.2, -0.15) is 0 Å². The number of carbonyl (C=O) groups excluding carboxylic acids is 1. The van der Waals surface area contributed by atoms with E-state index in [1.54, 1.807) is 17.0 Å². The van der Waals surface area contributed by atoms with Gasteiger partial charge < -0.3 is 10.0 Å². The number of likely N-dealkylation sites (tertiary alicyclic amines) is 1. The number of nitrogens with zero attached hydrogens (tertiary/aromatic N) is 2. The van der Waals surface area contributed by atoms with Gasteiger partial charge in [-0.15, -0.1) is 0 Å². The largest absolute Gasteiger partial charge is 0.392 e. The van der Waals surface area contributed by atoms with Crippen LogP contribution in [0.3, 0.4) is 0 Å². The normalized spacial score (nSPS) is 27.9. The van der Waals surface area contributed by atoms with Crippen LogP contribution in [0.4, 0.5) is 10.1 Å². The molecule has 21 heavy (non-hydrogen) atoms. The third-order valence-corrected chi connectivity index (χ3v) is 4.40. The summed E-state index contributed by atoms with van der Waals surface area (Å²) in [5, 5.41) is 9.80. The fourth-order valence-electron chi connectivity index (χ4n) is 3.36. The van der Waals surface area contributed by atoms with Crippen molar-refractivity contribution in [2.75, 3.05) is 24.5 Å². The molecule has 0 unspecified atom stereocenters. The number of piperidine rings is 2. The molecule has 2 aliphatic rings. The Bertz CT molecular complexity index is 523. The number of halogens is 1. The number of hydrogen-bond donors (Lipinski definition) is 1. The number of anilines is 1. The van der Waals surface area contributed by atoms with Gasteiger partial charge in [0.2, 0.25) is 5.91 Å². The van der Waals surface area contributed by atoms with Gasteiger partial charge in [-0.25, -0.2) is 4.39 Å². The number of β-amino-alcohol motifs (C(OH)–C–C–N with tert-alkyl or cyclic N) is 1. The Kier molecular flexibility index (Phi) is 4.22. The summed E-state index contributed by atoms with van der Waals surface area (Å²) in [5.41, 5.74) is 0.627. The summed E-state index contributed by atoms with van der Waals surface area (Å²) in [6.07, 6.45) is 3.11. The van der Waals surface area contributed by atoms with Gasteiger partial charge in [-0.1, -0.05) is 6.07 Å². The second-order valence-corrected chi connectivity index (χ2v) is 5.92. The summed E-state index contributed by atoms with van der Waals surface area (Å²) in [5.74, 6) is -0.295. The molecule has 114 valence electrons. The number of benzene rings is 1. The maximum absolute atomic E-state index is 13.4. The van der Waals surface area contributed by atoms with Crippen LogP contribution in [-0.4, -0.2) is 47.7 Å². The predicted molar refractivity (Wildman–Crippen MR) is 78.6 cm³/mol. The summed E-state index contributed by atoms with van der Waals surface area (Å²) >= 11 is 0. The highest BCUT2D eigenvalue weighted by Crippen LogP contribution is 2.26. The lowest BCUT2D eigenvalue weighted by Gasteiger charge is -2.41. The Morgan fingerprint density at radius 2 is 2.00 bits per heavy atom. The second-order valence-electron chi connectivity index (χ2n) is 5.92. The zero-order valence-corrected chi connectivity index (χ0v) is 12.0. The molecule has 0 spiro atoms. The lowest BCUT2D eigenvalue weighted by atomic mass is 9.98. The molecule has 1 aromatic carbocycles. The first kappa shape index (κ1) is 14.5. The second kappa shape index (κ2) is 6.12. The van der Waals surface area contributed by atoms with Gasteiger partial charge in [0.25, 0.3) is 0 Å².